The molecule has 8 heteroatoms. The van der Waals surface area contributed by atoms with Gasteiger partial charge in [-0.25, -0.2) is 4.68 Å². The summed E-state index contributed by atoms with van der Waals surface area (Å²) in [6.45, 7) is 14.7. The van der Waals surface area contributed by atoms with E-state index in [-0.39, 0.29) is 17.4 Å². The number of hydrogen-bond acceptors (Lipinski definition) is 6. The number of carbonyl (C=O) groups excluding carboxylic acids is 1. The highest BCUT2D eigenvalue weighted by molar-refractivity contribution is 5.98. The minimum Gasteiger partial charge on any atom is -0.380 e. The lowest BCUT2D eigenvalue weighted by Crippen LogP contribution is -2.29. The highest BCUT2D eigenvalue weighted by Gasteiger charge is 2.22. The van der Waals surface area contributed by atoms with E-state index in [0.29, 0.717) is 25.4 Å². The van der Waals surface area contributed by atoms with Crippen molar-refractivity contribution in [2.45, 2.75) is 46.7 Å². The van der Waals surface area contributed by atoms with E-state index in [0.717, 1.165) is 24.4 Å². The number of aromatic nitrogens is 4. The second-order valence-corrected chi connectivity index (χ2v) is 7.97. The summed E-state index contributed by atoms with van der Waals surface area (Å²) in [4.78, 5) is 11.5. The summed E-state index contributed by atoms with van der Waals surface area (Å²) in [5.74, 6) is 0.499. The third-order valence-corrected chi connectivity index (χ3v) is 4.39. The number of carbonyl (C=O) groups is 1. The Bertz CT molecular complexity index is 779. The number of rotatable bonds is 11. The van der Waals surface area contributed by atoms with Gasteiger partial charge in [0.2, 0.25) is 5.91 Å². The highest BCUT2D eigenvalue weighted by Crippen LogP contribution is 2.24. The van der Waals surface area contributed by atoms with Gasteiger partial charge in [0.05, 0.1) is 19.2 Å². The van der Waals surface area contributed by atoms with Gasteiger partial charge >= 0.3 is 0 Å². The van der Waals surface area contributed by atoms with E-state index in [2.05, 4.69) is 53.5 Å². The molecule has 1 unspecified atom stereocenters. The first-order valence-corrected chi connectivity index (χ1v) is 9.94. The highest BCUT2D eigenvalue weighted by atomic mass is 16.5. The SMILES string of the molecule is C=CC(=O)Nc1ccc(C(NCCC(C)(C)C)c2nnnn2CCOCC)cc1. The van der Waals surface area contributed by atoms with Crippen LogP contribution < -0.4 is 10.6 Å². The zero-order valence-corrected chi connectivity index (χ0v) is 17.8. The third-order valence-electron chi connectivity index (χ3n) is 4.39. The van der Waals surface area contributed by atoms with Gasteiger partial charge in [-0.1, -0.05) is 39.5 Å². The molecule has 158 valence electrons. The van der Waals surface area contributed by atoms with Crippen LogP contribution >= 0.6 is 0 Å². The van der Waals surface area contributed by atoms with Crippen molar-refractivity contribution in [2.75, 3.05) is 25.1 Å². The molecular weight excluding hydrogens is 368 g/mol. The second-order valence-electron chi connectivity index (χ2n) is 7.97. The van der Waals surface area contributed by atoms with Gasteiger partial charge < -0.3 is 15.4 Å². The maximum atomic E-state index is 11.5. The molecule has 1 aromatic heterocycles. The summed E-state index contributed by atoms with van der Waals surface area (Å²) in [5, 5.41) is 18.6. The second kappa shape index (κ2) is 10.8. The molecule has 8 nitrogen and oxygen atoms in total. The summed E-state index contributed by atoms with van der Waals surface area (Å²) >= 11 is 0. The van der Waals surface area contributed by atoms with Crippen molar-refractivity contribution in [3.63, 3.8) is 0 Å². The molecule has 29 heavy (non-hydrogen) atoms. The topological polar surface area (TPSA) is 94.0 Å². The summed E-state index contributed by atoms with van der Waals surface area (Å²) in [6.07, 6.45) is 2.26. The molecular formula is C21H32N6O2. The average Bonchev–Trinajstić information content (AvgIpc) is 3.13. The average molecular weight is 401 g/mol. The summed E-state index contributed by atoms with van der Waals surface area (Å²) in [6, 6.07) is 7.50. The lowest BCUT2D eigenvalue weighted by molar-refractivity contribution is -0.111. The minimum absolute atomic E-state index is 0.168. The molecule has 1 heterocycles. The molecule has 0 aliphatic rings. The third kappa shape index (κ3) is 7.40. The fourth-order valence-electron chi connectivity index (χ4n) is 2.77. The molecule has 1 aromatic carbocycles. The zero-order chi connectivity index (χ0) is 21.3. The van der Waals surface area contributed by atoms with Crippen LogP contribution in [0.15, 0.2) is 36.9 Å². The summed E-state index contributed by atoms with van der Waals surface area (Å²) < 4.78 is 7.23. The predicted octanol–water partition coefficient (Wildman–Crippen LogP) is 2.95. The fourth-order valence-corrected chi connectivity index (χ4v) is 2.77. The zero-order valence-electron chi connectivity index (χ0n) is 17.8. The van der Waals surface area contributed by atoms with Gasteiger partial charge in [0.25, 0.3) is 0 Å². The van der Waals surface area contributed by atoms with Crippen LogP contribution in [0.4, 0.5) is 5.69 Å². The number of hydrogen-bond donors (Lipinski definition) is 2. The number of anilines is 1. The van der Waals surface area contributed by atoms with Crippen molar-refractivity contribution in [3.8, 4) is 0 Å². The molecule has 0 saturated heterocycles. The van der Waals surface area contributed by atoms with Crippen molar-refractivity contribution < 1.29 is 9.53 Å². The number of nitrogens with zero attached hydrogens (tertiary/aromatic N) is 4. The largest absolute Gasteiger partial charge is 0.380 e. The van der Waals surface area contributed by atoms with E-state index in [9.17, 15) is 4.79 Å². The molecule has 0 saturated carbocycles. The van der Waals surface area contributed by atoms with E-state index in [1.807, 2.05) is 31.2 Å². The van der Waals surface area contributed by atoms with Crippen LogP contribution in [0.1, 0.15) is 51.5 Å². The van der Waals surface area contributed by atoms with E-state index in [4.69, 9.17) is 4.74 Å². The molecule has 0 spiro atoms. The Balaban J connectivity index is 2.22. The van der Waals surface area contributed by atoms with E-state index in [1.165, 1.54) is 6.08 Å². The molecule has 1 amide bonds. The first kappa shape index (κ1) is 22.7. The van der Waals surface area contributed by atoms with Crippen LogP contribution in [-0.4, -0.2) is 45.9 Å². The van der Waals surface area contributed by atoms with Crippen LogP contribution in [0.25, 0.3) is 0 Å². The first-order chi connectivity index (χ1) is 13.8. The Morgan fingerprint density at radius 1 is 1.31 bits per heavy atom. The molecule has 0 aliphatic heterocycles. The maximum absolute atomic E-state index is 11.5. The minimum atomic E-state index is -0.238. The Morgan fingerprint density at radius 3 is 2.66 bits per heavy atom. The number of ether oxygens (including phenoxy) is 1. The molecule has 0 radical (unpaired) electrons. The standard InChI is InChI=1S/C21H32N6O2/c1-6-18(28)23-17-10-8-16(9-11-17)19(22-13-12-21(3,4)5)20-24-25-26-27(20)14-15-29-7-2/h6,8-11,19,22H,1,7,12-15H2,2-5H3,(H,23,28). The quantitative estimate of drug-likeness (QED) is 0.445. The summed E-state index contributed by atoms with van der Waals surface area (Å²) in [5.41, 5.74) is 1.95. The molecule has 0 bridgehead atoms. The van der Waals surface area contributed by atoms with E-state index >= 15 is 0 Å². The fraction of sp³-hybridized carbons (Fsp3) is 0.524. The molecule has 2 rings (SSSR count). The Morgan fingerprint density at radius 2 is 2.03 bits per heavy atom. The smallest absolute Gasteiger partial charge is 0.247 e. The Hall–Kier alpha value is -2.58. The number of nitrogens with one attached hydrogen (secondary N) is 2. The monoisotopic (exact) mass is 400 g/mol. The van der Waals surface area contributed by atoms with E-state index < -0.39 is 0 Å². The lowest BCUT2D eigenvalue weighted by atomic mass is 9.92. The predicted molar refractivity (Wildman–Crippen MR) is 113 cm³/mol. The Kier molecular flexibility index (Phi) is 8.48. The number of tetrazole rings is 1. The lowest BCUT2D eigenvalue weighted by Gasteiger charge is -2.23. The van der Waals surface area contributed by atoms with Crippen LogP contribution in [0.5, 0.6) is 0 Å². The number of amides is 1. The van der Waals surface area contributed by atoms with Crippen LogP contribution in [0, 0.1) is 5.41 Å². The van der Waals surface area contributed by atoms with Gasteiger partial charge in [0, 0.05) is 12.3 Å². The van der Waals surface area contributed by atoms with E-state index in [1.54, 1.807) is 4.68 Å². The number of benzene rings is 1. The van der Waals surface area contributed by atoms with Crippen LogP contribution in [-0.2, 0) is 16.1 Å². The first-order valence-electron chi connectivity index (χ1n) is 9.94. The van der Waals surface area contributed by atoms with Crippen molar-refractivity contribution in [2.24, 2.45) is 5.41 Å². The van der Waals surface area contributed by atoms with Gasteiger partial charge in [-0.15, -0.1) is 5.10 Å². The Labute approximate surface area is 172 Å². The van der Waals surface area contributed by atoms with Crippen LogP contribution in [0.2, 0.25) is 0 Å². The van der Waals surface area contributed by atoms with Crippen molar-refractivity contribution in [1.82, 2.24) is 25.5 Å². The molecule has 1 atom stereocenters. The van der Waals surface area contributed by atoms with Crippen molar-refractivity contribution in [1.29, 1.82) is 0 Å². The van der Waals surface area contributed by atoms with Crippen molar-refractivity contribution >= 4 is 11.6 Å². The normalized spacial score (nSPS) is 12.6. The molecule has 2 aromatic rings. The maximum Gasteiger partial charge on any atom is 0.247 e. The molecule has 0 fully saturated rings. The van der Waals surface area contributed by atoms with Gasteiger partial charge in [0.1, 0.15) is 0 Å². The van der Waals surface area contributed by atoms with Gasteiger partial charge in [-0.2, -0.15) is 0 Å². The molecule has 0 aliphatic carbocycles. The van der Waals surface area contributed by atoms with Gasteiger partial charge in [0.15, 0.2) is 5.82 Å². The van der Waals surface area contributed by atoms with Gasteiger partial charge in [-0.05, 0) is 59.5 Å². The van der Waals surface area contributed by atoms with Gasteiger partial charge in [-0.3, -0.25) is 4.79 Å². The van der Waals surface area contributed by atoms with Crippen molar-refractivity contribution in [3.05, 3.63) is 48.3 Å². The summed E-state index contributed by atoms with van der Waals surface area (Å²) in [7, 11) is 0. The van der Waals surface area contributed by atoms with Crippen LogP contribution in [0.3, 0.4) is 0 Å². The molecule has 2 N–H and O–H groups in total.